The standard InChI is InChI=1S/C14H19N5O/c15-7-11-8-16-19(9-11)13-5-6-18(10-13)14(20)17-12-3-1-2-4-12/h8-9,12-13H,1-6,10H2,(H,17,20). The topological polar surface area (TPSA) is 74.0 Å². The van der Waals surface area contributed by atoms with Gasteiger partial charge in [-0.2, -0.15) is 10.4 Å². The smallest absolute Gasteiger partial charge is 0.317 e. The average molecular weight is 273 g/mol. The summed E-state index contributed by atoms with van der Waals surface area (Å²) in [5, 5.41) is 16.1. The van der Waals surface area contributed by atoms with Crippen LogP contribution in [0.5, 0.6) is 0 Å². The summed E-state index contributed by atoms with van der Waals surface area (Å²) in [6.07, 6.45) is 8.87. The zero-order valence-electron chi connectivity index (χ0n) is 11.5. The monoisotopic (exact) mass is 273 g/mol. The highest BCUT2D eigenvalue weighted by Crippen LogP contribution is 2.22. The van der Waals surface area contributed by atoms with Gasteiger partial charge in [-0.25, -0.2) is 4.79 Å². The maximum Gasteiger partial charge on any atom is 0.317 e. The fourth-order valence-electron chi connectivity index (χ4n) is 3.07. The number of hydrogen-bond donors (Lipinski definition) is 1. The third kappa shape index (κ3) is 2.62. The Hall–Kier alpha value is -2.03. The second-order valence-electron chi connectivity index (χ2n) is 5.64. The summed E-state index contributed by atoms with van der Waals surface area (Å²) in [4.78, 5) is 14.0. The van der Waals surface area contributed by atoms with E-state index in [-0.39, 0.29) is 12.1 Å². The van der Waals surface area contributed by atoms with Crippen molar-refractivity contribution in [1.29, 1.82) is 5.26 Å². The van der Waals surface area contributed by atoms with Gasteiger partial charge in [0.1, 0.15) is 6.07 Å². The second kappa shape index (κ2) is 5.53. The molecule has 0 aromatic carbocycles. The summed E-state index contributed by atoms with van der Waals surface area (Å²) in [5.41, 5.74) is 0.568. The molecular formula is C14H19N5O. The van der Waals surface area contributed by atoms with Crippen molar-refractivity contribution in [2.45, 2.75) is 44.2 Å². The molecule has 1 saturated heterocycles. The zero-order valence-corrected chi connectivity index (χ0v) is 11.5. The van der Waals surface area contributed by atoms with E-state index in [9.17, 15) is 4.79 Å². The summed E-state index contributed by atoms with van der Waals surface area (Å²) < 4.78 is 1.81. The highest BCUT2D eigenvalue weighted by Gasteiger charge is 2.29. The summed E-state index contributed by atoms with van der Waals surface area (Å²) in [5.74, 6) is 0. The van der Waals surface area contributed by atoms with Gasteiger partial charge >= 0.3 is 6.03 Å². The van der Waals surface area contributed by atoms with Gasteiger partial charge in [-0.05, 0) is 19.3 Å². The Morgan fingerprint density at radius 1 is 1.40 bits per heavy atom. The molecule has 1 N–H and O–H groups in total. The Bertz CT molecular complexity index is 526. The molecule has 6 nitrogen and oxygen atoms in total. The van der Waals surface area contributed by atoms with Crippen molar-refractivity contribution in [3.63, 3.8) is 0 Å². The molecule has 6 heteroatoms. The van der Waals surface area contributed by atoms with Crippen LogP contribution in [0.1, 0.15) is 43.7 Å². The maximum atomic E-state index is 12.2. The second-order valence-corrected chi connectivity index (χ2v) is 5.64. The Morgan fingerprint density at radius 3 is 2.90 bits per heavy atom. The molecule has 1 aromatic heterocycles. The van der Waals surface area contributed by atoms with E-state index in [4.69, 9.17) is 5.26 Å². The molecule has 1 aliphatic heterocycles. The summed E-state index contributed by atoms with van der Waals surface area (Å²) in [6.45, 7) is 1.43. The van der Waals surface area contributed by atoms with Crippen molar-refractivity contribution >= 4 is 6.03 Å². The molecule has 1 aromatic rings. The van der Waals surface area contributed by atoms with Gasteiger partial charge in [0.25, 0.3) is 0 Å². The summed E-state index contributed by atoms with van der Waals surface area (Å²) >= 11 is 0. The van der Waals surface area contributed by atoms with Crippen molar-refractivity contribution in [2.24, 2.45) is 0 Å². The van der Waals surface area contributed by atoms with Crippen LogP contribution in [-0.4, -0.2) is 39.8 Å². The van der Waals surface area contributed by atoms with E-state index >= 15 is 0 Å². The molecule has 0 spiro atoms. The lowest BCUT2D eigenvalue weighted by molar-refractivity contribution is 0.202. The number of carbonyl (C=O) groups is 1. The van der Waals surface area contributed by atoms with E-state index in [1.54, 1.807) is 17.1 Å². The van der Waals surface area contributed by atoms with Crippen LogP contribution in [0.2, 0.25) is 0 Å². The quantitative estimate of drug-likeness (QED) is 0.890. The lowest BCUT2D eigenvalue weighted by Crippen LogP contribution is -2.43. The van der Waals surface area contributed by atoms with Gasteiger partial charge in [0.2, 0.25) is 0 Å². The van der Waals surface area contributed by atoms with E-state index in [1.165, 1.54) is 12.8 Å². The third-order valence-electron chi connectivity index (χ3n) is 4.24. The minimum absolute atomic E-state index is 0.0482. The van der Waals surface area contributed by atoms with E-state index in [2.05, 4.69) is 16.5 Å². The molecule has 0 bridgehead atoms. The van der Waals surface area contributed by atoms with Crippen LogP contribution in [0, 0.1) is 11.3 Å². The lowest BCUT2D eigenvalue weighted by Gasteiger charge is -2.20. The van der Waals surface area contributed by atoms with Crippen LogP contribution in [0.15, 0.2) is 12.4 Å². The highest BCUT2D eigenvalue weighted by molar-refractivity contribution is 5.74. The first-order valence-corrected chi connectivity index (χ1v) is 7.26. The van der Waals surface area contributed by atoms with Gasteiger partial charge < -0.3 is 10.2 Å². The zero-order chi connectivity index (χ0) is 13.9. The number of nitrogens with zero attached hydrogens (tertiary/aromatic N) is 4. The SMILES string of the molecule is N#Cc1cnn(C2CCN(C(=O)NC3CCCC3)C2)c1. The molecule has 20 heavy (non-hydrogen) atoms. The number of amides is 2. The van der Waals surface area contributed by atoms with E-state index in [0.29, 0.717) is 18.2 Å². The number of rotatable bonds is 2. The maximum absolute atomic E-state index is 12.2. The third-order valence-corrected chi connectivity index (χ3v) is 4.24. The highest BCUT2D eigenvalue weighted by atomic mass is 16.2. The minimum atomic E-state index is 0.0482. The van der Waals surface area contributed by atoms with Crippen molar-refractivity contribution in [3.05, 3.63) is 18.0 Å². The summed E-state index contributed by atoms with van der Waals surface area (Å²) in [7, 11) is 0. The molecule has 0 radical (unpaired) electrons. The van der Waals surface area contributed by atoms with Crippen molar-refractivity contribution < 1.29 is 4.79 Å². The van der Waals surface area contributed by atoms with Crippen LogP contribution in [0.25, 0.3) is 0 Å². The molecule has 2 amide bonds. The summed E-state index contributed by atoms with van der Waals surface area (Å²) in [6, 6.07) is 2.67. The molecule has 1 unspecified atom stereocenters. The van der Waals surface area contributed by atoms with Gasteiger partial charge in [-0.15, -0.1) is 0 Å². The Kier molecular flexibility index (Phi) is 3.59. The predicted octanol–water partition coefficient (Wildman–Crippen LogP) is 1.65. The largest absolute Gasteiger partial charge is 0.335 e. The van der Waals surface area contributed by atoms with Crippen LogP contribution >= 0.6 is 0 Å². The average Bonchev–Trinajstić information content (AvgIpc) is 3.19. The Labute approximate surface area is 118 Å². The molecule has 2 fully saturated rings. The van der Waals surface area contributed by atoms with E-state index < -0.39 is 0 Å². The molecule has 2 heterocycles. The first-order valence-electron chi connectivity index (χ1n) is 7.26. The number of likely N-dealkylation sites (tertiary alicyclic amines) is 1. The van der Waals surface area contributed by atoms with E-state index in [0.717, 1.165) is 25.8 Å². The molecule has 1 saturated carbocycles. The predicted molar refractivity (Wildman–Crippen MR) is 73.0 cm³/mol. The van der Waals surface area contributed by atoms with Crippen LogP contribution in [0.4, 0.5) is 4.79 Å². The van der Waals surface area contributed by atoms with Crippen LogP contribution in [-0.2, 0) is 0 Å². The van der Waals surface area contributed by atoms with Gasteiger partial charge in [-0.1, -0.05) is 12.8 Å². The molecule has 1 aliphatic carbocycles. The number of aromatic nitrogens is 2. The Morgan fingerprint density at radius 2 is 2.20 bits per heavy atom. The number of carbonyl (C=O) groups excluding carboxylic acids is 1. The normalized spacial score (nSPS) is 22.9. The number of urea groups is 1. The first-order chi connectivity index (χ1) is 9.76. The Balaban J connectivity index is 1.56. The van der Waals surface area contributed by atoms with Gasteiger partial charge in [0, 0.05) is 25.3 Å². The van der Waals surface area contributed by atoms with Gasteiger partial charge in [0.05, 0.1) is 17.8 Å². The van der Waals surface area contributed by atoms with E-state index in [1.807, 2.05) is 4.90 Å². The molecule has 1 atom stereocenters. The molecule has 2 aliphatic rings. The molecule has 106 valence electrons. The number of nitriles is 1. The fraction of sp³-hybridized carbons (Fsp3) is 0.643. The number of hydrogen-bond acceptors (Lipinski definition) is 3. The van der Waals surface area contributed by atoms with Crippen LogP contribution < -0.4 is 5.32 Å². The van der Waals surface area contributed by atoms with Gasteiger partial charge in [0.15, 0.2) is 0 Å². The van der Waals surface area contributed by atoms with Crippen LogP contribution in [0.3, 0.4) is 0 Å². The van der Waals surface area contributed by atoms with Crippen molar-refractivity contribution in [2.75, 3.05) is 13.1 Å². The first kappa shape index (κ1) is 13.0. The van der Waals surface area contributed by atoms with Crippen molar-refractivity contribution in [3.8, 4) is 6.07 Å². The fourth-order valence-corrected chi connectivity index (χ4v) is 3.07. The minimum Gasteiger partial charge on any atom is -0.335 e. The van der Waals surface area contributed by atoms with Crippen molar-refractivity contribution in [1.82, 2.24) is 20.0 Å². The molecule has 3 rings (SSSR count). The molecular weight excluding hydrogens is 254 g/mol. The number of nitrogens with one attached hydrogen (secondary N) is 1. The lowest BCUT2D eigenvalue weighted by atomic mass is 10.2. The van der Waals surface area contributed by atoms with Gasteiger partial charge in [-0.3, -0.25) is 4.68 Å².